The summed E-state index contributed by atoms with van der Waals surface area (Å²) in [6.45, 7) is 6.49. The maximum absolute atomic E-state index is 6.39. The average molecular weight is 775 g/mol. The van der Waals surface area contributed by atoms with E-state index in [1.807, 2.05) is 0 Å². The summed E-state index contributed by atoms with van der Waals surface area (Å²) in [5, 5.41) is 3.79. The van der Waals surface area contributed by atoms with Crippen LogP contribution in [-0.4, -0.2) is 6.61 Å². The van der Waals surface area contributed by atoms with Crippen LogP contribution in [0.15, 0.2) is 72.9 Å². The van der Waals surface area contributed by atoms with Crippen LogP contribution in [0.1, 0.15) is 218 Å². The summed E-state index contributed by atoms with van der Waals surface area (Å²) in [6.07, 6.45) is 48.8. The van der Waals surface area contributed by atoms with Crippen LogP contribution in [-0.2, 0) is 6.54 Å². The van der Waals surface area contributed by atoms with Crippen molar-refractivity contribution >= 4 is 33.8 Å². The number of hydrogen-bond acceptors (Lipinski definition) is 1. The summed E-state index contributed by atoms with van der Waals surface area (Å²) in [5.74, 6) is 1.01. The smallest absolute Gasteiger partial charge is 0.213 e. The van der Waals surface area contributed by atoms with Crippen LogP contribution in [0.5, 0.6) is 5.75 Å². The van der Waals surface area contributed by atoms with Gasteiger partial charge < -0.3 is 4.74 Å². The maximum Gasteiger partial charge on any atom is 0.213 e. The van der Waals surface area contributed by atoms with E-state index in [1.54, 1.807) is 0 Å². The van der Waals surface area contributed by atoms with Crippen molar-refractivity contribution in [2.45, 2.75) is 213 Å². The highest BCUT2D eigenvalue weighted by atomic mass is 16.5. The molecule has 4 rings (SSSR count). The minimum absolute atomic E-state index is 0.799. The van der Waals surface area contributed by atoms with Gasteiger partial charge in [-0.1, -0.05) is 242 Å². The van der Waals surface area contributed by atoms with Gasteiger partial charge >= 0.3 is 0 Å². The Kier molecular flexibility index (Phi) is 25.2. The summed E-state index contributed by atoms with van der Waals surface area (Å²) < 4.78 is 8.86. The highest BCUT2D eigenvalue weighted by molar-refractivity contribution is 5.98. The van der Waals surface area contributed by atoms with Crippen LogP contribution in [0.3, 0.4) is 0 Å². The van der Waals surface area contributed by atoms with Crippen molar-refractivity contribution < 1.29 is 9.30 Å². The Hall–Kier alpha value is -3.13. The molecule has 2 nitrogen and oxygen atoms in total. The van der Waals surface area contributed by atoms with Crippen LogP contribution < -0.4 is 9.30 Å². The number of rotatable bonds is 35. The highest BCUT2D eigenvalue weighted by Gasteiger charge is 2.12. The van der Waals surface area contributed by atoms with Crippen molar-refractivity contribution in [1.82, 2.24) is 0 Å². The lowest BCUT2D eigenvalue weighted by Gasteiger charge is -2.11. The van der Waals surface area contributed by atoms with E-state index in [0.717, 1.165) is 25.3 Å². The summed E-state index contributed by atoms with van der Waals surface area (Å²) in [5.41, 5.74) is 3.84. The number of nitrogens with zero attached hydrogens (tertiary/aromatic N) is 1. The number of unbranched alkanes of at least 4 members (excludes halogenated alkanes) is 28. The average Bonchev–Trinajstić information content (AvgIpc) is 3.24. The molecule has 1 heterocycles. The third kappa shape index (κ3) is 19.0. The van der Waals surface area contributed by atoms with Gasteiger partial charge in [-0.25, -0.2) is 0 Å². The Morgan fingerprint density at radius 3 is 1.30 bits per heavy atom. The van der Waals surface area contributed by atoms with Gasteiger partial charge in [-0.15, -0.1) is 0 Å². The van der Waals surface area contributed by atoms with Gasteiger partial charge in [-0.05, 0) is 41.5 Å². The van der Waals surface area contributed by atoms with Crippen LogP contribution in [0.2, 0.25) is 0 Å². The molecule has 57 heavy (non-hydrogen) atoms. The molecular formula is C55H84NO+. The summed E-state index contributed by atoms with van der Waals surface area (Å²) in [6, 6.07) is 24.4. The van der Waals surface area contributed by atoms with Gasteiger partial charge in [-0.2, -0.15) is 4.57 Å². The second-order valence-corrected chi connectivity index (χ2v) is 17.3. The largest absolute Gasteiger partial charge is 0.493 e. The zero-order chi connectivity index (χ0) is 39.9. The standard InChI is InChI=1S/C55H84NO/c1-3-5-7-9-11-13-15-17-19-20-22-24-26-28-30-36-48-57-55-44-43-49(51-37-31-32-39-53(51)55)41-42-50-45-47-56(54-40-34-33-38-52(50)54)46-35-29-27-25-23-21-18-16-14-12-10-8-6-4-2/h31-34,37-45,47H,3-30,35-36,46,48H2,1-2H3/q+1/b42-41+. The van der Waals surface area contributed by atoms with Crippen molar-refractivity contribution in [3.63, 3.8) is 0 Å². The molecule has 0 saturated carbocycles. The molecule has 0 aliphatic carbocycles. The van der Waals surface area contributed by atoms with E-state index in [0.29, 0.717) is 0 Å². The van der Waals surface area contributed by atoms with E-state index >= 15 is 0 Å². The van der Waals surface area contributed by atoms with E-state index < -0.39 is 0 Å². The summed E-state index contributed by atoms with van der Waals surface area (Å²) >= 11 is 0. The molecule has 0 radical (unpaired) electrons. The number of para-hydroxylation sites is 1. The lowest BCUT2D eigenvalue weighted by Crippen LogP contribution is -2.34. The van der Waals surface area contributed by atoms with Crippen LogP contribution in [0.25, 0.3) is 33.8 Å². The normalized spacial score (nSPS) is 11.8. The molecule has 0 amide bonds. The lowest BCUT2D eigenvalue weighted by molar-refractivity contribution is -0.671. The Bertz CT molecular complexity index is 1620. The second kappa shape index (κ2) is 30.9. The maximum atomic E-state index is 6.39. The fourth-order valence-electron chi connectivity index (χ4n) is 8.70. The van der Waals surface area contributed by atoms with E-state index in [1.165, 1.54) is 219 Å². The van der Waals surface area contributed by atoms with E-state index in [4.69, 9.17) is 4.74 Å². The number of benzene rings is 3. The number of aromatic nitrogens is 1. The van der Waals surface area contributed by atoms with E-state index in [2.05, 4.69) is 103 Å². The van der Waals surface area contributed by atoms with Gasteiger partial charge in [0.25, 0.3) is 0 Å². The molecule has 1 aromatic heterocycles. The quantitative estimate of drug-likeness (QED) is 0.0335. The molecule has 0 aliphatic rings. The fraction of sp³-hybridized carbons (Fsp3) is 0.618. The Morgan fingerprint density at radius 2 is 0.789 bits per heavy atom. The summed E-state index contributed by atoms with van der Waals surface area (Å²) in [4.78, 5) is 0. The second-order valence-electron chi connectivity index (χ2n) is 17.3. The molecular weight excluding hydrogens is 691 g/mol. The van der Waals surface area contributed by atoms with Crippen molar-refractivity contribution in [3.8, 4) is 5.75 Å². The lowest BCUT2D eigenvalue weighted by atomic mass is 10.0. The van der Waals surface area contributed by atoms with Gasteiger partial charge in [0.15, 0.2) is 6.20 Å². The molecule has 0 bridgehead atoms. The molecule has 4 aromatic rings. The van der Waals surface area contributed by atoms with Crippen LogP contribution in [0, 0.1) is 0 Å². The van der Waals surface area contributed by atoms with Crippen LogP contribution >= 0.6 is 0 Å². The van der Waals surface area contributed by atoms with Gasteiger partial charge in [-0.3, -0.25) is 0 Å². The first-order valence-corrected chi connectivity index (χ1v) is 24.6. The first kappa shape index (κ1) is 46.6. The SMILES string of the molecule is CCCCCCCCCCCCCCCCCCOc1ccc(/C=C/c2cc[n+](CCCCCCCCCCCCCCCC)c3ccccc23)c2ccccc12. The molecule has 314 valence electrons. The minimum Gasteiger partial charge on any atom is -0.493 e. The van der Waals surface area contributed by atoms with Crippen molar-refractivity contribution in [3.05, 3.63) is 84.1 Å². The number of pyridine rings is 1. The number of hydrogen-bond donors (Lipinski definition) is 0. The topological polar surface area (TPSA) is 13.1 Å². The predicted molar refractivity (Wildman–Crippen MR) is 252 cm³/mol. The van der Waals surface area contributed by atoms with Gasteiger partial charge in [0.05, 0.1) is 12.0 Å². The Morgan fingerprint density at radius 1 is 0.386 bits per heavy atom. The predicted octanol–water partition coefficient (Wildman–Crippen LogP) is 17.6. The molecule has 0 N–H and O–H groups in total. The third-order valence-corrected chi connectivity index (χ3v) is 12.3. The third-order valence-electron chi connectivity index (χ3n) is 12.3. The van der Waals surface area contributed by atoms with Crippen molar-refractivity contribution in [2.24, 2.45) is 0 Å². The fourth-order valence-corrected chi connectivity index (χ4v) is 8.70. The Balaban J connectivity index is 1.13. The van der Waals surface area contributed by atoms with Crippen molar-refractivity contribution in [2.75, 3.05) is 6.61 Å². The zero-order valence-corrected chi connectivity index (χ0v) is 37.1. The minimum atomic E-state index is 0.799. The zero-order valence-electron chi connectivity index (χ0n) is 37.1. The number of aryl methyl sites for hydroxylation is 1. The van der Waals surface area contributed by atoms with E-state index in [9.17, 15) is 0 Å². The van der Waals surface area contributed by atoms with Crippen LogP contribution in [0.4, 0.5) is 0 Å². The van der Waals surface area contributed by atoms with E-state index in [-0.39, 0.29) is 0 Å². The molecule has 0 aliphatic heterocycles. The molecule has 2 heteroatoms. The highest BCUT2D eigenvalue weighted by Crippen LogP contribution is 2.30. The van der Waals surface area contributed by atoms with Gasteiger partial charge in [0.2, 0.25) is 5.52 Å². The Labute approximate surface area is 351 Å². The molecule has 0 saturated heterocycles. The molecule has 0 spiro atoms. The number of fused-ring (bicyclic) bond motifs is 2. The van der Waals surface area contributed by atoms with Crippen molar-refractivity contribution in [1.29, 1.82) is 0 Å². The molecule has 0 unspecified atom stereocenters. The summed E-state index contributed by atoms with van der Waals surface area (Å²) in [7, 11) is 0. The molecule has 0 fully saturated rings. The van der Waals surface area contributed by atoms with Gasteiger partial charge in [0, 0.05) is 23.9 Å². The van der Waals surface area contributed by atoms with Gasteiger partial charge in [0.1, 0.15) is 12.3 Å². The first-order valence-electron chi connectivity index (χ1n) is 24.6. The molecule has 3 aromatic carbocycles. The number of ether oxygens (including phenoxy) is 1. The molecule has 0 atom stereocenters. The first-order chi connectivity index (χ1) is 28.3. The monoisotopic (exact) mass is 775 g/mol.